The number of ether oxygens (including phenoxy) is 2. The molecule has 0 saturated heterocycles. The van der Waals surface area contributed by atoms with Crippen LogP contribution in [0.4, 0.5) is 0 Å². The molecule has 0 spiro atoms. The van der Waals surface area contributed by atoms with E-state index in [-0.39, 0.29) is 24.0 Å². The number of carbonyl (C=O) groups is 1. The minimum absolute atomic E-state index is 0.0244. The van der Waals surface area contributed by atoms with Gasteiger partial charge in [-0.25, -0.2) is 0 Å². The molecule has 0 saturated carbocycles. The third-order valence-electron chi connectivity index (χ3n) is 4.85. The van der Waals surface area contributed by atoms with E-state index >= 15 is 0 Å². The van der Waals surface area contributed by atoms with E-state index in [0.29, 0.717) is 24.6 Å². The number of amides is 1. The first-order valence-corrected chi connectivity index (χ1v) is 10.1. The summed E-state index contributed by atoms with van der Waals surface area (Å²) in [6.45, 7) is 12.0. The van der Waals surface area contributed by atoms with Crippen molar-refractivity contribution in [2.45, 2.75) is 52.6 Å². The first-order chi connectivity index (χ1) is 13.7. The van der Waals surface area contributed by atoms with Gasteiger partial charge in [0.1, 0.15) is 0 Å². The van der Waals surface area contributed by atoms with Gasteiger partial charge in [-0.15, -0.1) is 0 Å². The second kappa shape index (κ2) is 10.3. The van der Waals surface area contributed by atoms with Gasteiger partial charge in [-0.05, 0) is 48.1 Å². The van der Waals surface area contributed by atoms with Crippen molar-refractivity contribution in [3.05, 3.63) is 59.2 Å². The van der Waals surface area contributed by atoms with Crippen molar-refractivity contribution < 1.29 is 14.3 Å². The smallest absolute Gasteiger partial charge is 0.257 e. The number of likely N-dealkylation sites (N-methyl/N-ethyl adjacent to an activating group) is 1. The largest absolute Gasteiger partial charge is 0.493 e. The number of methoxy groups -OCH3 is 1. The first-order valence-electron chi connectivity index (χ1n) is 10.1. The normalized spacial score (nSPS) is 12.3. The highest BCUT2D eigenvalue weighted by Gasteiger charge is 2.14. The Labute approximate surface area is 174 Å². The van der Waals surface area contributed by atoms with Gasteiger partial charge in [-0.1, -0.05) is 51.1 Å². The molecule has 158 valence electrons. The Morgan fingerprint density at radius 3 is 2.34 bits per heavy atom. The van der Waals surface area contributed by atoms with Crippen molar-refractivity contribution in [3.63, 3.8) is 0 Å². The molecule has 2 rings (SSSR count). The van der Waals surface area contributed by atoms with Crippen LogP contribution in [0.2, 0.25) is 0 Å². The van der Waals surface area contributed by atoms with Gasteiger partial charge in [0.05, 0.1) is 7.11 Å². The zero-order chi connectivity index (χ0) is 21.4. The Hall–Kier alpha value is -2.53. The molecule has 2 aromatic carbocycles. The quantitative estimate of drug-likeness (QED) is 0.659. The van der Waals surface area contributed by atoms with Gasteiger partial charge in [-0.3, -0.25) is 4.79 Å². The van der Waals surface area contributed by atoms with Crippen molar-refractivity contribution in [1.82, 2.24) is 10.6 Å². The Balaban J connectivity index is 1.96. The summed E-state index contributed by atoms with van der Waals surface area (Å²) in [5.41, 5.74) is 3.84. The third kappa shape index (κ3) is 6.79. The van der Waals surface area contributed by atoms with Crippen molar-refractivity contribution in [1.29, 1.82) is 0 Å². The maximum atomic E-state index is 11.6. The molecule has 1 atom stereocenters. The lowest BCUT2D eigenvalue weighted by atomic mass is 9.86. The Morgan fingerprint density at radius 1 is 1.07 bits per heavy atom. The van der Waals surface area contributed by atoms with Gasteiger partial charge in [-0.2, -0.15) is 0 Å². The lowest BCUT2D eigenvalue weighted by Crippen LogP contribution is -2.28. The lowest BCUT2D eigenvalue weighted by Gasteiger charge is -2.21. The monoisotopic (exact) mass is 398 g/mol. The molecule has 0 aliphatic heterocycles. The Bertz CT molecular complexity index is 795. The van der Waals surface area contributed by atoms with Gasteiger partial charge in [0.2, 0.25) is 0 Å². The molecule has 0 aliphatic rings. The minimum Gasteiger partial charge on any atom is -0.493 e. The fourth-order valence-corrected chi connectivity index (χ4v) is 2.99. The second-order valence-corrected chi connectivity index (χ2v) is 8.20. The van der Waals surface area contributed by atoms with E-state index in [0.717, 1.165) is 5.56 Å². The van der Waals surface area contributed by atoms with Gasteiger partial charge < -0.3 is 20.1 Å². The summed E-state index contributed by atoms with van der Waals surface area (Å²) in [5.74, 6) is 1.04. The highest BCUT2D eigenvalue weighted by molar-refractivity contribution is 5.77. The average molecular weight is 399 g/mol. The molecule has 0 aromatic heterocycles. The van der Waals surface area contributed by atoms with Crippen molar-refractivity contribution in [2.24, 2.45) is 0 Å². The molecule has 0 aliphatic carbocycles. The minimum atomic E-state index is -0.147. The summed E-state index contributed by atoms with van der Waals surface area (Å²) < 4.78 is 11.0. The molecule has 0 heterocycles. The molecule has 1 amide bonds. The molecule has 29 heavy (non-hydrogen) atoms. The summed E-state index contributed by atoms with van der Waals surface area (Å²) in [4.78, 5) is 11.6. The van der Waals surface area contributed by atoms with Crippen molar-refractivity contribution >= 4 is 5.91 Å². The summed E-state index contributed by atoms with van der Waals surface area (Å²) in [5, 5.41) is 6.26. The predicted molar refractivity (Wildman–Crippen MR) is 118 cm³/mol. The number of rotatable bonds is 9. The second-order valence-electron chi connectivity index (χ2n) is 8.20. The van der Waals surface area contributed by atoms with E-state index < -0.39 is 0 Å². The number of nitrogens with one attached hydrogen (secondary N) is 2. The fourth-order valence-electron chi connectivity index (χ4n) is 2.99. The Morgan fingerprint density at radius 2 is 1.76 bits per heavy atom. The zero-order valence-corrected chi connectivity index (χ0v) is 18.5. The Kier molecular flexibility index (Phi) is 8.09. The van der Waals surface area contributed by atoms with E-state index in [1.165, 1.54) is 11.1 Å². The number of benzene rings is 2. The van der Waals surface area contributed by atoms with Crippen LogP contribution in [0, 0.1) is 0 Å². The highest BCUT2D eigenvalue weighted by atomic mass is 16.5. The first kappa shape index (κ1) is 22.8. The van der Waals surface area contributed by atoms with Crippen LogP contribution in [0.5, 0.6) is 11.5 Å². The number of hydrogen-bond acceptors (Lipinski definition) is 4. The van der Waals surface area contributed by atoms with Crippen LogP contribution in [0.3, 0.4) is 0 Å². The maximum Gasteiger partial charge on any atom is 0.257 e. The molecule has 2 aromatic rings. The molecule has 0 radical (unpaired) electrons. The molecule has 1 unspecified atom stereocenters. The van der Waals surface area contributed by atoms with Gasteiger partial charge >= 0.3 is 0 Å². The standard InChI is InChI=1S/C24H34N2O3/c1-7-25-23(27)16-29-21-13-8-18(14-22(21)28-6)15-26-17(2)19-9-11-20(12-10-19)24(3,4)5/h8-14,17,26H,7,15-16H2,1-6H3,(H,25,27). The van der Waals surface area contributed by atoms with Crippen LogP contribution in [0.25, 0.3) is 0 Å². The summed E-state index contributed by atoms with van der Waals surface area (Å²) in [6.07, 6.45) is 0. The summed E-state index contributed by atoms with van der Waals surface area (Å²) >= 11 is 0. The number of carbonyl (C=O) groups excluding carboxylic acids is 1. The topological polar surface area (TPSA) is 59.6 Å². The number of hydrogen-bond donors (Lipinski definition) is 2. The molecular formula is C24H34N2O3. The van der Waals surface area contributed by atoms with Crippen LogP contribution in [-0.2, 0) is 16.8 Å². The van der Waals surface area contributed by atoms with Gasteiger partial charge in [0.15, 0.2) is 18.1 Å². The highest BCUT2D eigenvalue weighted by Crippen LogP contribution is 2.28. The molecule has 5 nitrogen and oxygen atoms in total. The van der Waals surface area contributed by atoms with E-state index in [1.54, 1.807) is 7.11 Å². The van der Waals surface area contributed by atoms with Crippen molar-refractivity contribution in [2.75, 3.05) is 20.3 Å². The molecule has 5 heteroatoms. The maximum absolute atomic E-state index is 11.6. The predicted octanol–water partition coefficient (Wildman–Crippen LogP) is 4.36. The van der Waals surface area contributed by atoms with Crippen LogP contribution >= 0.6 is 0 Å². The van der Waals surface area contributed by atoms with Gasteiger partial charge in [0.25, 0.3) is 5.91 Å². The van der Waals surface area contributed by atoms with E-state index in [9.17, 15) is 4.79 Å². The van der Waals surface area contributed by atoms with Crippen LogP contribution in [-0.4, -0.2) is 26.2 Å². The molecule has 2 N–H and O–H groups in total. The summed E-state index contributed by atoms with van der Waals surface area (Å²) in [7, 11) is 1.60. The average Bonchev–Trinajstić information content (AvgIpc) is 2.70. The van der Waals surface area contributed by atoms with Crippen molar-refractivity contribution in [3.8, 4) is 11.5 Å². The lowest BCUT2D eigenvalue weighted by molar-refractivity contribution is -0.123. The van der Waals surface area contributed by atoms with Gasteiger partial charge in [0, 0.05) is 19.1 Å². The SMILES string of the molecule is CCNC(=O)COc1ccc(CNC(C)c2ccc(C(C)(C)C)cc2)cc1OC. The van der Waals surface area contributed by atoms with Crippen LogP contribution < -0.4 is 20.1 Å². The molecule has 0 bridgehead atoms. The molecule has 0 fully saturated rings. The fraction of sp³-hybridized carbons (Fsp3) is 0.458. The molecular weight excluding hydrogens is 364 g/mol. The third-order valence-corrected chi connectivity index (χ3v) is 4.85. The van der Waals surface area contributed by atoms with Crippen LogP contribution in [0.1, 0.15) is 57.4 Å². The van der Waals surface area contributed by atoms with E-state index in [2.05, 4.69) is 62.6 Å². The van der Waals surface area contributed by atoms with E-state index in [1.807, 2.05) is 25.1 Å². The summed E-state index contributed by atoms with van der Waals surface area (Å²) in [6, 6.07) is 14.8. The van der Waals surface area contributed by atoms with Crippen LogP contribution in [0.15, 0.2) is 42.5 Å². The zero-order valence-electron chi connectivity index (χ0n) is 18.5. The van der Waals surface area contributed by atoms with E-state index in [4.69, 9.17) is 9.47 Å².